The summed E-state index contributed by atoms with van der Waals surface area (Å²) >= 11 is 2.63. The molecular weight excluding hydrogens is 211 g/mol. The van der Waals surface area contributed by atoms with Crippen LogP contribution in [0.15, 0.2) is 6.20 Å². The molecule has 0 aromatic carbocycles. The molecule has 1 aromatic heterocycles. The second-order valence-electron chi connectivity index (χ2n) is 2.30. The van der Waals surface area contributed by atoms with Crippen molar-refractivity contribution in [2.24, 2.45) is 0 Å². The number of hydrogen-bond acceptors (Lipinski definition) is 0. The molecule has 10 heavy (non-hydrogen) atoms. The van der Waals surface area contributed by atoms with E-state index in [1.807, 2.05) is 0 Å². The molecule has 0 atom stereocenters. The Morgan fingerprint density at radius 1 is 1.40 bits per heavy atom. The Morgan fingerprint density at radius 3 is 2.50 bits per heavy atom. The SMILES string of the molecule is CCc1c[nH][c]([Ru])c1CC. The molecule has 1 aromatic rings. The molecule has 0 aliphatic carbocycles. The Kier molecular flexibility index (Phi) is 2.67. The van der Waals surface area contributed by atoms with E-state index >= 15 is 0 Å². The number of H-pyrrole nitrogens is 1. The molecule has 0 aliphatic heterocycles. The number of rotatable bonds is 2. The number of aryl methyl sites for hydroxylation is 1. The number of aromatic nitrogens is 1. The molecule has 0 amide bonds. The summed E-state index contributed by atoms with van der Waals surface area (Å²) < 4.78 is 1.26. The van der Waals surface area contributed by atoms with Crippen LogP contribution in [0.1, 0.15) is 25.0 Å². The van der Waals surface area contributed by atoms with Crippen LogP contribution >= 0.6 is 0 Å². The minimum atomic E-state index is 1.13. The zero-order chi connectivity index (χ0) is 7.56. The topological polar surface area (TPSA) is 15.8 Å². The van der Waals surface area contributed by atoms with Crippen LogP contribution in [-0.4, -0.2) is 4.98 Å². The van der Waals surface area contributed by atoms with Gasteiger partial charge in [0.05, 0.1) is 0 Å². The molecule has 0 fully saturated rings. The molecule has 0 saturated carbocycles. The molecule has 0 radical (unpaired) electrons. The van der Waals surface area contributed by atoms with E-state index in [4.69, 9.17) is 0 Å². The first-order chi connectivity index (χ1) is 4.79. The van der Waals surface area contributed by atoms with Crippen molar-refractivity contribution in [1.82, 2.24) is 4.98 Å². The molecule has 0 saturated heterocycles. The molecule has 1 rings (SSSR count). The van der Waals surface area contributed by atoms with Crippen LogP contribution in [0.25, 0.3) is 0 Å². The van der Waals surface area contributed by atoms with Crippen molar-refractivity contribution < 1.29 is 18.3 Å². The van der Waals surface area contributed by atoms with E-state index in [0.717, 1.165) is 12.8 Å². The van der Waals surface area contributed by atoms with Gasteiger partial charge in [-0.25, -0.2) is 0 Å². The predicted molar refractivity (Wildman–Crippen MR) is 39.2 cm³/mol. The second-order valence-corrected chi connectivity index (χ2v) is 3.17. The molecule has 0 spiro atoms. The molecule has 57 valence electrons. The monoisotopic (exact) mass is 224 g/mol. The van der Waals surface area contributed by atoms with E-state index in [-0.39, 0.29) is 0 Å². The molecule has 0 unspecified atom stereocenters. The van der Waals surface area contributed by atoms with Crippen LogP contribution < -0.4 is 4.29 Å². The summed E-state index contributed by atoms with van der Waals surface area (Å²) in [6.07, 6.45) is 4.37. The van der Waals surface area contributed by atoms with Crippen molar-refractivity contribution in [3.05, 3.63) is 17.3 Å². The first-order valence-electron chi connectivity index (χ1n) is 3.63. The van der Waals surface area contributed by atoms with E-state index in [9.17, 15) is 0 Å². The van der Waals surface area contributed by atoms with Crippen LogP contribution in [0.2, 0.25) is 0 Å². The normalized spacial score (nSPS) is 10.3. The van der Waals surface area contributed by atoms with E-state index in [0.29, 0.717) is 0 Å². The van der Waals surface area contributed by atoms with E-state index in [1.165, 1.54) is 15.4 Å². The summed E-state index contributed by atoms with van der Waals surface area (Å²) in [7, 11) is 0. The summed E-state index contributed by atoms with van der Waals surface area (Å²) in [4.78, 5) is 3.21. The van der Waals surface area contributed by atoms with Crippen LogP contribution in [-0.2, 0) is 31.1 Å². The summed E-state index contributed by atoms with van der Waals surface area (Å²) in [6, 6.07) is 0. The summed E-state index contributed by atoms with van der Waals surface area (Å²) in [5, 5.41) is 0. The Morgan fingerprint density at radius 2 is 2.10 bits per heavy atom. The van der Waals surface area contributed by atoms with E-state index in [1.54, 1.807) is 0 Å². The minimum absolute atomic E-state index is 1.13. The Bertz CT molecular complexity index is 215. The van der Waals surface area contributed by atoms with Crippen molar-refractivity contribution >= 4 is 4.29 Å². The third kappa shape index (κ3) is 1.32. The standard InChI is InChI=1S/C8H12N.Ru/c1-3-7-5-9-6-8(7)4-2;/h5,9H,3-4H2,1-2H3;. The molecular formula is C8H12NRu. The van der Waals surface area contributed by atoms with Gasteiger partial charge in [0.1, 0.15) is 0 Å². The average Bonchev–Trinajstić information content (AvgIpc) is 2.30. The van der Waals surface area contributed by atoms with Crippen LogP contribution in [0.4, 0.5) is 0 Å². The maximum absolute atomic E-state index is 3.21. The summed E-state index contributed by atoms with van der Waals surface area (Å²) in [5.41, 5.74) is 2.93. The van der Waals surface area contributed by atoms with Crippen LogP contribution in [0.5, 0.6) is 0 Å². The van der Waals surface area contributed by atoms with Crippen LogP contribution in [0, 0.1) is 0 Å². The molecule has 2 heteroatoms. The van der Waals surface area contributed by atoms with Gasteiger partial charge in [-0.1, -0.05) is 0 Å². The zero-order valence-corrected chi connectivity index (χ0v) is 8.08. The van der Waals surface area contributed by atoms with Gasteiger partial charge in [-0.2, -0.15) is 0 Å². The van der Waals surface area contributed by atoms with Gasteiger partial charge < -0.3 is 0 Å². The van der Waals surface area contributed by atoms with Crippen molar-refractivity contribution in [1.29, 1.82) is 0 Å². The fourth-order valence-electron chi connectivity index (χ4n) is 1.15. The van der Waals surface area contributed by atoms with Gasteiger partial charge in [-0.05, 0) is 0 Å². The molecule has 1 nitrogen and oxygen atoms in total. The third-order valence-electron chi connectivity index (χ3n) is 1.75. The fraction of sp³-hybridized carbons (Fsp3) is 0.500. The Hall–Kier alpha value is -0.0966. The van der Waals surface area contributed by atoms with Crippen molar-refractivity contribution in [3.8, 4) is 0 Å². The third-order valence-corrected chi connectivity index (χ3v) is 2.52. The van der Waals surface area contributed by atoms with E-state index < -0.39 is 0 Å². The van der Waals surface area contributed by atoms with Gasteiger partial charge in [0.15, 0.2) is 0 Å². The molecule has 1 heterocycles. The first kappa shape index (κ1) is 8.00. The maximum atomic E-state index is 3.21. The second kappa shape index (κ2) is 3.34. The number of aromatic amines is 1. The van der Waals surface area contributed by atoms with Gasteiger partial charge in [-0.3, -0.25) is 0 Å². The van der Waals surface area contributed by atoms with Gasteiger partial charge >= 0.3 is 71.6 Å². The molecule has 0 aliphatic rings. The number of hydrogen-bond donors (Lipinski definition) is 1. The number of nitrogens with one attached hydrogen (secondary N) is 1. The zero-order valence-electron chi connectivity index (χ0n) is 6.35. The average molecular weight is 223 g/mol. The summed E-state index contributed by atoms with van der Waals surface area (Å²) in [5.74, 6) is 0. The van der Waals surface area contributed by atoms with Crippen molar-refractivity contribution in [2.75, 3.05) is 0 Å². The molecule has 1 N–H and O–H groups in total. The van der Waals surface area contributed by atoms with Crippen molar-refractivity contribution in [2.45, 2.75) is 26.7 Å². The molecule has 0 bridgehead atoms. The van der Waals surface area contributed by atoms with Gasteiger partial charge in [0, 0.05) is 0 Å². The van der Waals surface area contributed by atoms with Gasteiger partial charge in [0.2, 0.25) is 0 Å². The van der Waals surface area contributed by atoms with Crippen molar-refractivity contribution in [3.63, 3.8) is 0 Å². The first-order valence-corrected chi connectivity index (χ1v) is 4.49. The van der Waals surface area contributed by atoms with Gasteiger partial charge in [-0.15, -0.1) is 0 Å². The van der Waals surface area contributed by atoms with Gasteiger partial charge in [0.25, 0.3) is 0 Å². The predicted octanol–water partition coefficient (Wildman–Crippen LogP) is 1.31. The van der Waals surface area contributed by atoms with E-state index in [2.05, 4.69) is 43.3 Å². The quantitative estimate of drug-likeness (QED) is 0.728. The fourth-order valence-corrected chi connectivity index (χ4v) is 1.87. The van der Waals surface area contributed by atoms with Crippen LogP contribution in [0.3, 0.4) is 0 Å². The Balaban J connectivity index is 3.01. The summed E-state index contributed by atoms with van der Waals surface area (Å²) in [6.45, 7) is 4.38. The Labute approximate surface area is 71.9 Å².